The van der Waals surface area contributed by atoms with Crippen LogP contribution in [0.2, 0.25) is 0 Å². The monoisotopic (exact) mass is 336 g/mol. The van der Waals surface area contributed by atoms with Crippen LogP contribution in [0.5, 0.6) is 11.6 Å². The molecular weight excluding hydrogens is 316 g/mol. The number of hydrogen-bond acceptors (Lipinski definition) is 5. The van der Waals surface area contributed by atoms with Crippen LogP contribution in [0.15, 0.2) is 42.9 Å². The molecule has 0 spiro atoms. The van der Waals surface area contributed by atoms with Gasteiger partial charge in [0.05, 0.1) is 12.2 Å². The maximum atomic E-state index is 12.0. The number of carbonyl (C=O) groups is 1. The molecule has 23 heavy (non-hydrogen) atoms. The molecule has 3 N–H and O–H groups in total. The molecule has 1 heterocycles. The average molecular weight is 337 g/mol. The van der Waals surface area contributed by atoms with E-state index in [4.69, 9.17) is 10.5 Å². The smallest absolute Gasteiger partial charge is 0.241 e. The highest BCUT2D eigenvalue weighted by atomic mass is 35.5. The number of ether oxygens (including phenoxy) is 1. The number of anilines is 1. The molecule has 0 aliphatic carbocycles. The first-order valence-electron chi connectivity index (χ1n) is 7.15. The summed E-state index contributed by atoms with van der Waals surface area (Å²) in [4.78, 5) is 20.0. The van der Waals surface area contributed by atoms with E-state index < -0.39 is 6.04 Å². The minimum absolute atomic E-state index is 0. The number of amides is 1. The SMILES string of the molecule is CC(C)C[C@H](N)C(=O)Nc1cccc(Oc2cnccn2)c1.Cl. The lowest BCUT2D eigenvalue weighted by Gasteiger charge is -2.14. The number of nitrogens with one attached hydrogen (secondary N) is 1. The summed E-state index contributed by atoms with van der Waals surface area (Å²) in [6.07, 6.45) is 5.27. The van der Waals surface area contributed by atoms with Gasteiger partial charge in [-0.1, -0.05) is 19.9 Å². The Morgan fingerprint density at radius 1 is 1.35 bits per heavy atom. The van der Waals surface area contributed by atoms with Gasteiger partial charge in [0.2, 0.25) is 11.8 Å². The minimum Gasteiger partial charge on any atom is -0.437 e. The van der Waals surface area contributed by atoms with E-state index in [1.54, 1.807) is 36.7 Å². The van der Waals surface area contributed by atoms with Gasteiger partial charge in [0, 0.05) is 24.1 Å². The molecule has 7 heteroatoms. The average Bonchev–Trinajstić information content (AvgIpc) is 2.48. The Labute approximate surface area is 141 Å². The molecule has 0 radical (unpaired) electrons. The molecule has 0 saturated carbocycles. The molecule has 1 amide bonds. The van der Waals surface area contributed by atoms with Crippen LogP contribution in [0.4, 0.5) is 5.69 Å². The molecular formula is C16H21ClN4O2. The molecule has 2 rings (SSSR count). The Morgan fingerprint density at radius 3 is 2.78 bits per heavy atom. The molecule has 0 aliphatic rings. The summed E-state index contributed by atoms with van der Waals surface area (Å²) >= 11 is 0. The van der Waals surface area contributed by atoms with E-state index in [2.05, 4.69) is 15.3 Å². The minimum atomic E-state index is -0.524. The highest BCUT2D eigenvalue weighted by molar-refractivity contribution is 5.94. The standard InChI is InChI=1S/C16H20N4O2.ClH/c1-11(2)8-14(17)16(21)20-12-4-3-5-13(9-12)22-15-10-18-6-7-19-15;/h3-7,9-11,14H,8,17H2,1-2H3,(H,20,21);1H/t14-;/m0./s1. The van der Waals surface area contributed by atoms with Gasteiger partial charge >= 0.3 is 0 Å². The van der Waals surface area contributed by atoms with Crippen molar-refractivity contribution in [3.63, 3.8) is 0 Å². The van der Waals surface area contributed by atoms with Crippen LogP contribution in [0.3, 0.4) is 0 Å². The van der Waals surface area contributed by atoms with Crippen LogP contribution in [0.25, 0.3) is 0 Å². The van der Waals surface area contributed by atoms with Crippen molar-refractivity contribution in [3.8, 4) is 11.6 Å². The van der Waals surface area contributed by atoms with Crippen LogP contribution < -0.4 is 15.8 Å². The first-order valence-corrected chi connectivity index (χ1v) is 7.15. The number of hydrogen-bond donors (Lipinski definition) is 2. The number of aromatic nitrogens is 2. The molecule has 2 aromatic rings. The summed E-state index contributed by atoms with van der Waals surface area (Å²) in [5, 5.41) is 2.79. The van der Waals surface area contributed by atoms with E-state index in [1.807, 2.05) is 13.8 Å². The van der Waals surface area contributed by atoms with E-state index in [9.17, 15) is 4.79 Å². The maximum absolute atomic E-state index is 12.0. The topological polar surface area (TPSA) is 90.1 Å². The Bertz CT molecular complexity index is 622. The summed E-state index contributed by atoms with van der Waals surface area (Å²) in [7, 11) is 0. The summed E-state index contributed by atoms with van der Waals surface area (Å²) < 4.78 is 5.57. The van der Waals surface area contributed by atoms with Gasteiger partial charge in [0.25, 0.3) is 0 Å². The van der Waals surface area contributed by atoms with Gasteiger partial charge in [-0.3, -0.25) is 9.78 Å². The van der Waals surface area contributed by atoms with Gasteiger partial charge in [-0.25, -0.2) is 4.98 Å². The predicted molar refractivity (Wildman–Crippen MR) is 91.9 cm³/mol. The van der Waals surface area contributed by atoms with Gasteiger partial charge in [-0.2, -0.15) is 0 Å². The van der Waals surface area contributed by atoms with Gasteiger partial charge < -0.3 is 15.8 Å². The van der Waals surface area contributed by atoms with Crippen molar-refractivity contribution in [2.24, 2.45) is 11.7 Å². The van der Waals surface area contributed by atoms with Crippen molar-refractivity contribution >= 4 is 24.0 Å². The van der Waals surface area contributed by atoms with Crippen LogP contribution in [-0.2, 0) is 4.79 Å². The van der Waals surface area contributed by atoms with Crippen LogP contribution >= 0.6 is 12.4 Å². The molecule has 0 aliphatic heterocycles. The lowest BCUT2D eigenvalue weighted by Crippen LogP contribution is -2.36. The first kappa shape index (κ1) is 18.9. The number of rotatable bonds is 6. The molecule has 124 valence electrons. The first-order chi connectivity index (χ1) is 10.5. The second-order valence-electron chi connectivity index (χ2n) is 5.40. The van der Waals surface area contributed by atoms with Crippen molar-refractivity contribution in [2.45, 2.75) is 26.3 Å². The van der Waals surface area contributed by atoms with Crippen molar-refractivity contribution in [3.05, 3.63) is 42.9 Å². The molecule has 1 aromatic carbocycles. The van der Waals surface area contributed by atoms with Crippen LogP contribution in [0.1, 0.15) is 20.3 Å². The summed E-state index contributed by atoms with van der Waals surface area (Å²) in [6.45, 7) is 4.06. The van der Waals surface area contributed by atoms with Crippen molar-refractivity contribution in [1.29, 1.82) is 0 Å². The van der Waals surface area contributed by atoms with Crippen LogP contribution in [0, 0.1) is 5.92 Å². The number of nitrogens with two attached hydrogens (primary N) is 1. The second kappa shape index (κ2) is 9.07. The van der Waals surface area contributed by atoms with Crippen molar-refractivity contribution < 1.29 is 9.53 Å². The molecule has 0 unspecified atom stereocenters. The molecule has 0 fully saturated rings. The van der Waals surface area contributed by atoms with Crippen LogP contribution in [-0.4, -0.2) is 21.9 Å². The molecule has 1 aromatic heterocycles. The Balaban J connectivity index is 0.00000264. The largest absolute Gasteiger partial charge is 0.437 e. The quantitative estimate of drug-likeness (QED) is 0.846. The zero-order valence-corrected chi connectivity index (χ0v) is 13.9. The Hall–Kier alpha value is -2.18. The van der Waals surface area contributed by atoms with E-state index in [0.29, 0.717) is 29.7 Å². The highest BCUT2D eigenvalue weighted by Crippen LogP contribution is 2.22. The van der Waals surface area contributed by atoms with Gasteiger partial charge in [-0.05, 0) is 24.5 Å². The second-order valence-corrected chi connectivity index (χ2v) is 5.40. The lowest BCUT2D eigenvalue weighted by molar-refractivity contribution is -0.117. The number of halogens is 1. The van der Waals surface area contributed by atoms with Crippen molar-refractivity contribution in [1.82, 2.24) is 9.97 Å². The van der Waals surface area contributed by atoms with Gasteiger partial charge in [0.15, 0.2) is 0 Å². The summed E-state index contributed by atoms with van der Waals surface area (Å²) in [5.74, 6) is 1.12. The molecule has 6 nitrogen and oxygen atoms in total. The highest BCUT2D eigenvalue weighted by Gasteiger charge is 2.15. The van der Waals surface area contributed by atoms with Gasteiger partial charge in [-0.15, -0.1) is 12.4 Å². The summed E-state index contributed by atoms with van der Waals surface area (Å²) in [5.41, 5.74) is 6.50. The van der Waals surface area contributed by atoms with E-state index >= 15 is 0 Å². The Morgan fingerprint density at radius 2 is 2.13 bits per heavy atom. The van der Waals surface area contributed by atoms with E-state index in [0.717, 1.165) is 0 Å². The third-order valence-corrected chi connectivity index (χ3v) is 2.93. The number of carbonyl (C=O) groups excluding carboxylic acids is 1. The predicted octanol–water partition coefficient (Wildman–Crippen LogP) is 3.00. The van der Waals surface area contributed by atoms with E-state index in [1.165, 1.54) is 6.20 Å². The third-order valence-electron chi connectivity index (χ3n) is 2.93. The lowest BCUT2D eigenvalue weighted by atomic mass is 10.0. The fourth-order valence-electron chi connectivity index (χ4n) is 1.95. The van der Waals surface area contributed by atoms with Gasteiger partial charge in [0.1, 0.15) is 5.75 Å². The fourth-order valence-corrected chi connectivity index (χ4v) is 1.95. The van der Waals surface area contributed by atoms with E-state index in [-0.39, 0.29) is 18.3 Å². The third kappa shape index (κ3) is 6.22. The van der Waals surface area contributed by atoms with Crippen molar-refractivity contribution in [2.75, 3.05) is 5.32 Å². The fraction of sp³-hybridized carbons (Fsp3) is 0.312. The number of benzene rings is 1. The zero-order valence-electron chi connectivity index (χ0n) is 13.1. The number of nitrogens with zero attached hydrogens (tertiary/aromatic N) is 2. The Kier molecular flexibility index (Phi) is 7.44. The maximum Gasteiger partial charge on any atom is 0.241 e. The molecule has 0 saturated heterocycles. The molecule has 0 bridgehead atoms. The normalized spacial score (nSPS) is 11.5. The zero-order chi connectivity index (χ0) is 15.9. The molecule has 1 atom stereocenters. The summed E-state index contributed by atoms with van der Waals surface area (Å²) in [6, 6.07) is 6.54.